The lowest BCUT2D eigenvalue weighted by molar-refractivity contribution is 0.103. The number of nitrogens with zero attached hydrogens (tertiary/aromatic N) is 3. The van der Waals surface area contributed by atoms with E-state index in [1.165, 1.54) is 36.4 Å². The number of rotatable bonds is 4. The monoisotopic (exact) mass is 365 g/mol. The minimum absolute atomic E-state index is 0.00715. The quantitative estimate of drug-likeness (QED) is 0.536. The summed E-state index contributed by atoms with van der Waals surface area (Å²) in [5.41, 5.74) is 1.03. The number of fused-ring (bicyclic) bond motifs is 1. The van der Waals surface area contributed by atoms with E-state index in [4.69, 9.17) is 0 Å². The number of aromatic amines is 1. The standard InChI is InChI=1S/C19H13F2N5O/c1-10-9-15(26-25-10)22-18-13-3-2-4-14(21)16(13)23-19(24-18)17(27)11-5-7-12(20)8-6-11/h2-9H,1H3,(H2,22,23,24,25,26). The maximum atomic E-state index is 14.3. The third-order valence-electron chi connectivity index (χ3n) is 3.94. The molecule has 0 saturated carbocycles. The Morgan fingerprint density at radius 3 is 2.56 bits per heavy atom. The number of aryl methyl sites for hydroxylation is 1. The van der Waals surface area contributed by atoms with Gasteiger partial charge in [0.25, 0.3) is 0 Å². The second-order valence-corrected chi connectivity index (χ2v) is 5.93. The molecular formula is C19H13F2N5O. The van der Waals surface area contributed by atoms with Crippen molar-refractivity contribution >= 4 is 28.3 Å². The number of hydrogen-bond donors (Lipinski definition) is 2. The van der Waals surface area contributed by atoms with Gasteiger partial charge in [0.1, 0.15) is 23.0 Å². The maximum absolute atomic E-state index is 14.3. The molecule has 2 aromatic carbocycles. The fourth-order valence-corrected chi connectivity index (χ4v) is 2.65. The topological polar surface area (TPSA) is 83.6 Å². The molecule has 0 spiro atoms. The summed E-state index contributed by atoms with van der Waals surface area (Å²) in [6.07, 6.45) is 0. The van der Waals surface area contributed by atoms with E-state index in [1.54, 1.807) is 12.1 Å². The van der Waals surface area contributed by atoms with Gasteiger partial charge >= 0.3 is 0 Å². The number of nitrogens with one attached hydrogen (secondary N) is 2. The minimum atomic E-state index is -0.579. The van der Waals surface area contributed by atoms with Gasteiger partial charge < -0.3 is 5.32 Å². The molecule has 27 heavy (non-hydrogen) atoms. The molecule has 0 unspecified atom stereocenters. The summed E-state index contributed by atoms with van der Waals surface area (Å²) in [5.74, 6) is -1.07. The Hall–Kier alpha value is -3.68. The van der Waals surface area contributed by atoms with Crippen LogP contribution in [0.5, 0.6) is 0 Å². The van der Waals surface area contributed by atoms with Gasteiger partial charge in [-0.15, -0.1) is 0 Å². The molecule has 4 aromatic rings. The Morgan fingerprint density at radius 2 is 1.85 bits per heavy atom. The molecule has 0 aliphatic rings. The molecule has 0 amide bonds. The first kappa shape index (κ1) is 16.8. The zero-order valence-corrected chi connectivity index (χ0v) is 14.1. The molecule has 6 nitrogen and oxygen atoms in total. The van der Waals surface area contributed by atoms with Crippen LogP contribution in [0.3, 0.4) is 0 Å². The highest BCUT2D eigenvalue weighted by Gasteiger charge is 2.18. The van der Waals surface area contributed by atoms with Gasteiger partial charge in [0.05, 0.1) is 0 Å². The fourth-order valence-electron chi connectivity index (χ4n) is 2.65. The second-order valence-electron chi connectivity index (χ2n) is 5.93. The van der Waals surface area contributed by atoms with E-state index in [0.717, 1.165) is 5.69 Å². The van der Waals surface area contributed by atoms with Crippen molar-refractivity contribution in [3.05, 3.63) is 77.2 Å². The summed E-state index contributed by atoms with van der Waals surface area (Å²) in [7, 11) is 0. The third-order valence-corrected chi connectivity index (χ3v) is 3.94. The molecule has 0 saturated heterocycles. The van der Waals surface area contributed by atoms with Crippen molar-refractivity contribution in [2.45, 2.75) is 6.92 Å². The predicted octanol–water partition coefficient (Wildman–Crippen LogP) is 3.91. The van der Waals surface area contributed by atoms with Gasteiger partial charge in [-0.05, 0) is 43.3 Å². The maximum Gasteiger partial charge on any atom is 0.230 e. The highest BCUT2D eigenvalue weighted by atomic mass is 19.1. The molecule has 4 rings (SSSR count). The number of halogens is 2. The van der Waals surface area contributed by atoms with Crippen molar-refractivity contribution in [1.29, 1.82) is 0 Å². The first-order valence-corrected chi connectivity index (χ1v) is 8.07. The Balaban J connectivity index is 1.84. The lowest BCUT2D eigenvalue weighted by Gasteiger charge is -2.09. The molecule has 2 N–H and O–H groups in total. The van der Waals surface area contributed by atoms with Crippen LogP contribution >= 0.6 is 0 Å². The van der Waals surface area contributed by atoms with E-state index in [2.05, 4.69) is 25.5 Å². The van der Waals surface area contributed by atoms with E-state index >= 15 is 0 Å². The first-order valence-electron chi connectivity index (χ1n) is 8.07. The van der Waals surface area contributed by atoms with Crippen LogP contribution < -0.4 is 5.32 Å². The van der Waals surface area contributed by atoms with Crippen molar-refractivity contribution in [3.8, 4) is 0 Å². The van der Waals surface area contributed by atoms with Crippen molar-refractivity contribution in [3.63, 3.8) is 0 Å². The van der Waals surface area contributed by atoms with Crippen LogP contribution in [0.25, 0.3) is 10.9 Å². The molecule has 0 aliphatic carbocycles. The molecule has 8 heteroatoms. The SMILES string of the molecule is Cc1cc(Nc2nc(C(=O)c3ccc(F)cc3)nc3c(F)cccc23)n[nH]1. The van der Waals surface area contributed by atoms with Crippen molar-refractivity contribution < 1.29 is 13.6 Å². The van der Waals surface area contributed by atoms with Crippen molar-refractivity contribution in [2.75, 3.05) is 5.32 Å². The van der Waals surface area contributed by atoms with Crippen LogP contribution in [0.15, 0.2) is 48.5 Å². The van der Waals surface area contributed by atoms with Crippen molar-refractivity contribution in [1.82, 2.24) is 20.2 Å². The van der Waals surface area contributed by atoms with Gasteiger partial charge in [0.15, 0.2) is 5.82 Å². The van der Waals surface area contributed by atoms with Crippen LogP contribution in [-0.4, -0.2) is 25.9 Å². The number of carbonyl (C=O) groups is 1. The lowest BCUT2D eigenvalue weighted by Crippen LogP contribution is -2.10. The molecular weight excluding hydrogens is 352 g/mol. The third kappa shape index (κ3) is 3.24. The lowest BCUT2D eigenvalue weighted by atomic mass is 10.1. The molecule has 2 aromatic heterocycles. The van der Waals surface area contributed by atoms with Crippen molar-refractivity contribution in [2.24, 2.45) is 0 Å². The zero-order valence-electron chi connectivity index (χ0n) is 14.1. The van der Waals surface area contributed by atoms with E-state index in [1.807, 2.05) is 6.92 Å². The van der Waals surface area contributed by atoms with Gasteiger partial charge in [-0.2, -0.15) is 5.10 Å². The number of hydrogen-bond acceptors (Lipinski definition) is 5. The number of aromatic nitrogens is 4. The van der Waals surface area contributed by atoms with Gasteiger partial charge in [-0.3, -0.25) is 9.89 Å². The van der Waals surface area contributed by atoms with Crippen LogP contribution in [-0.2, 0) is 0 Å². The number of carbonyl (C=O) groups excluding carboxylic acids is 1. The average Bonchev–Trinajstić information content (AvgIpc) is 3.07. The normalized spacial score (nSPS) is 10.9. The van der Waals surface area contributed by atoms with E-state index in [0.29, 0.717) is 11.2 Å². The number of H-pyrrole nitrogens is 1. The van der Waals surface area contributed by atoms with Gasteiger partial charge in [0.2, 0.25) is 11.6 Å². The van der Waals surface area contributed by atoms with Crippen LogP contribution in [0, 0.1) is 18.6 Å². The van der Waals surface area contributed by atoms with Gasteiger partial charge in [-0.25, -0.2) is 18.7 Å². The predicted molar refractivity (Wildman–Crippen MR) is 95.9 cm³/mol. The Bertz CT molecular complexity index is 1150. The molecule has 2 heterocycles. The Labute approximate surface area is 152 Å². The minimum Gasteiger partial charge on any atom is -0.323 e. The molecule has 0 bridgehead atoms. The number of para-hydroxylation sites is 1. The summed E-state index contributed by atoms with van der Waals surface area (Å²) in [6, 6.07) is 11.2. The summed E-state index contributed by atoms with van der Waals surface area (Å²) >= 11 is 0. The largest absolute Gasteiger partial charge is 0.323 e. The smallest absolute Gasteiger partial charge is 0.230 e. The van der Waals surface area contributed by atoms with Crippen LogP contribution in [0.2, 0.25) is 0 Å². The van der Waals surface area contributed by atoms with Crippen LogP contribution in [0.1, 0.15) is 21.9 Å². The highest BCUT2D eigenvalue weighted by molar-refractivity contribution is 6.08. The van der Waals surface area contributed by atoms with Crippen LogP contribution in [0.4, 0.5) is 20.4 Å². The Kier molecular flexibility index (Phi) is 4.08. The summed E-state index contributed by atoms with van der Waals surface area (Å²) in [5, 5.41) is 10.2. The summed E-state index contributed by atoms with van der Waals surface area (Å²) in [4.78, 5) is 21.0. The van der Waals surface area contributed by atoms with E-state index in [-0.39, 0.29) is 22.7 Å². The second kappa shape index (κ2) is 6.56. The summed E-state index contributed by atoms with van der Waals surface area (Å²) in [6.45, 7) is 1.83. The Morgan fingerprint density at radius 1 is 1.07 bits per heavy atom. The summed E-state index contributed by atoms with van der Waals surface area (Å²) < 4.78 is 27.4. The number of benzene rings is 2. The number of anilines is 2. The van der Waals surface area contributed by atoms with Gasteiger partial charge in [-0.1, -0.05) is 6.07 Å². The zero-order chi connectivity index (χ0) is 19.0. The van der Waals surface area contributed by atoms with Gasteiger partial charge in [0, 0.05) is 22.7 Å². The molecule has 0 atom stereocenters. The fraction of sp³-hybridized carbons (Fsp3) is 0.0526. The van der Waals surface area contributed by atoms with E-state index < -0.39 is 17.4 Å². The number of ketones is 1. The average molecular weight is 365 g/mol. The molecule has 0 fully saturated rings. The first-order chi connectivity index (χ1) is 13.0. The molecule has 0 aliphatic heterocycles. The van der Waals surface area contributed by atoms with E-state index in [9.17, 15) is 13.6 Å². The molecule has 134 valence electrons. The highest BCUT2D eigenvalue weighted by Crippen LogP contribution is 2.26. The molecule has 0 radical (unpaired) electrons.